The third-order valence-electron chi connectivity index (χ3n) is 1.84. The maximum absolute atomic E-state index is 10.9. The molecule has 0 radical (unpaired) electrons. The Labute approximate surface area is 89.0 Å². The molecular formula is C7H7N7O2. The van der Waals surface area contributed by atoms with Crippen LogP contribution in [0.2, 0.25) is 0 Å². The lowest BCUT2D eigenvalue weighted by atomic mass is 10.4. The number of nitrogens with two attached hydrogens (primary N) is 1. The molecule has 0 aliphatic heterocycles. The molecule has 0 aliphatic rings. The third-order valence-corrected chi connectivity index (χ3v) is 1.84. The zero-order chi connectivity index (χ0) is 11.5. The zero-order valence-corrected chi connectivity index (χ0v) is 7.94. The average Bonchev–Trinajstić information content (AvgIpc) is 2.81. The Bertz CT molecular complexity index is 509. The van der Waals surface area contributed by atoms with E-state index >= 15 is 0 Å². The van der Waals surface area contributed by atoms with E-state index in [4.69, 9.17) is 5.84 Å². The van der Waals surface area contributed by atoms with Crippen LogP contribution in [0.25, 0.3) is 5.82 Å². The summed E-state index contributed by atoms with van der Waals surface area (Å²) in [5, 5.41) is 14.7. The highest BCUT2D eigenvalue weighted by molar-refractivity contribution is 5.63. The van der Waals surface area contributed by atoms with Crippen molar-refractivity contribution in [3.63, 3.8) is 0 Å². The van der Waals surface area contributed by atoms with E-state index in [2.05, 4.69) is 20.5 Å². The Morgan fingerprint density at radius 2 is 2.31 bits per heavy atom. The Kier molecular flexibility index (Phi) is 2.44. The molecule has 0 aliphatic carbocycles. The molecule has 9 nitrogen and oxygen atoms in total. The molecule has 9 heteroatoms. The number of hydrogen-bond donors (Lipinski definition) is 2. The van der Waals surface area contributed by atoms with Gasteiger partial charge in [-0.2, -0.15) is 5.10 Å². The number of nitrogens with one attached hydrogen (secondary N) is 1. The van der Waals surface area contributed by atoms with Crippen LogP contribution in [0.3, 0.4) is 0 Å². The smallest absolute Gasteiger partial charge is 0.303 e. The fourth-order valence-corrected chi connectivity index (χ4v) is 1.20. The first-order chi connectivity index (χ1) is 7.74. The van der Waals surface area contributed by atoms with E-state index in [-0.39, 0.29) is 17.3 Å². The van der Waals surface area contributed by atoms with Gasteiger partial charge in [-0.25, -0.2) is 20.5 Å². The zero-order valence-electron chi connectivity index (χ0n) is 7.94. The molecule has 16 heavy (non-hydrogen) atoms. The Balaban J connectivity index is 2.65. The van der Waals surface area contributed by atoms with Gasteiger partial charge in [0.05, 0.1) is 4.92 Å². The topological polar surface area (TPSA) is 125 Å². The van der Waals surface area contributed by atoms with Crippen LogP contribution in [0.4, 0.5) is 11.5 Å². The van der Waals surface area contributed by atoms with Crippen molar-refractivity contribution in [3.05, 3.63) is 34.9 Å². The van der Waals surface area contributed by atoms with Crippen molar-refractivity contribution in [1.29, 1.82) is 0 Å². The minimum absolute atomic E-state index is 0.0537. The summed E-state index contributed by atoms with van der Waals surface area (Å²) in [6, 6.07) is 1.63. The van der Waals surface area contributed by atoms with Gasteiger partial charge >= 0.3 is 5.69 Å². The first-order valence-corrected chi connectivity index (χ1v) is 4.20. The second-order valence-corrected chi connectivity index (χ2v) is 2.75. The molecular weight excluding hydrogens is 214 g/mol. The second-order valence-electron chi connectivity index (χ2n) is 2.75. The molecule has 2 heterocycles. The molecule has 82 valence electrons. The fraction of sp³-hybridized carbons (Fsp3) is 0. The van der Waals surface area contributed by atoms with E-state index in [0.717, 1.165) is 0 Å². The monoisotopic (exact) mass is 221 g/mol. The minimum atomic E-state index is -0.619. The van der Waals surface area contributed by atoms with Gasteiger partial charge in [0.25, 0.3) is 0 Å². The van der Waals surface area contributed by atoms with Gasteiger partial charge in [-0.1, -0.05) is 0 Å². The average molecular weight is 221 g/mol. The quantitative estimate of drug-likeness (QED) is 0.419. The summed E-state index contributed by atoms with van der Waals surface area (Å²) < 4.78 is 1.26. The maximum Gasteiger partial charge on any atom is 0.356 e. The third kappa shape index (κ3) is 1.54. The molecule has 0 atom stereocenters. The molecule has 0 bridgehead atoms. The van der Waals surface area contributed by atoms with Crippen molar-refractivity contribution < 1.29 is 4.92 Å². The highest BCUT2D eigenvalue weighted by Crippen LogP contribution is 2.25. The number of nitrogen functional groups attached to an aromatic ring is 1. The lowest BCUT2D eigenvalue weighted by Crippen LogP contribution is -2.14. The van der Waals surface area contributed by atoms with Gasteiger partial charge in [0.1, 0.15) is 6.33 Å². The molecule has 3 N–H and O–H groups in total. The van der Waals surface area contributed by atoms with Crippen molar-refractivity contribution in [3.8, 4) is 5.82 Å². The van der Waals surface area contributed by atoms with Gasteiger partial charge in [-0.05, 0) is 6.07 Å². The van der Waals surface area contributed by atoms with Gasteiger partial charge in [0.2, 0.25) is 11.6 Å². The van der Waals surface area contributed by atoms with Gasteiger partial charge in [0.15, 0.2) is 0 Å². The number of nitrogens with zero attached hydrogens (tertiary/aromatic N) is 5. The van der Waals surface area contributed by atoms with Crippen LogP contribution in [0, 0.1) is 10.1 Å². The Morgan fingerprint density at radius 3 is 2.88 bits per heavy atom. The molecule has 0 fully saturated rings. The Hall–Kier alpha value is -2.55. The molecule has 0 saturated heterocycles. The number of rotatable bonds is 3. The van der Waals surface area contributed by atoms with Crippen LogP contribution >= 0.6 is 0 Å². The highest BCUT2D eigenvalue weighted by atomic mass is 16.6. The van der Waals surface area contributed by atoms with E-state index in [9.17, 15) is 10.1 Å². The van der Waals surface area contributed by atoms with E-state index in [1.165, 1.54) is 23.4 Å². The summed E-state index contributed by atoms with van der Waals surface area (Å²) in [5.74, 6) is 5.13. The van der Waals surface area contributed by atoms with Gasteiger partial charge in [0, 0.05) is 12.4 Å². The lowest BCUT2D eigenvalue weighted by Gasteiger charge is -2.04. The molecule has 0 saturated carbocycles. The van der Waals surface area contributed by atoms with Crippen LogP contribution in [-0.4, -0.2) is 24.7 Å². The summed E-state index contributed by atoms with van der Waals surface area (Å²) in [6.07, 6.45) is 4.19. The fourth-order valence-electron chi connectivity index (χ4n) is 1.20. The van der Waals surface area contributed by atoms with Crippen LogP contribution in [0.5, 0.6) is 0 Å². The maximum atomic E-state index is 10.9. The largest absolute Gasteiger partial charge is 0.356 e. The van der Waals surface area contributed by atoms with Crippen molar-refractivity contribution in [2.24, 2.45) is 5.84 Å². The van der Waals surface area contributed by atoms with E-state index in [0.29, 0.717) is 0 Å². The van der Waals surface area contributed by atoms with Gasteiger partial charge in [-0.15, -0.1) is 0 Å². The molecule has 2 aromatic rings. The number of hydrogen-bond acceptors (Lipinski definition) is 7. The minimum Gasteiger partial charge on any atom is -0.303 e. The first-order valence-electron chi connectivity index (χ1n) is 4.20. The van der Waals surface area contributed by atoms with Crippen LogP contribution in [0.15, 0.2) is 24.8 Å². The van der Waals surface area contributed by atoms with Crippen molar-refractivity contribution in [2.75, 3.05) is 5.43 Å². The Morgan fingerprint density at radius 1 is 1.50 bits per heavy atom. The number of hydrazine groups is 1. The summed E-state index contributed by atoms with van der Waals surface area (Å²) >= 11 is 0. The van der Waals surface area contributed by atoms with Crippen molar-refractivity contribution >= 4 is 11.5 Å². The predicted molar refractivity (Wildman–Crippen MR) is 53.6 cm³/mol. The van der Waals surface area contributed by atoms with E-state index in [1.54, 1.807) is 6.07 Å². The predicted octanol–water partition coefficient (Wildman–Crippen LogP) is -0.144. The number of nitro groups is 1. The van der Waals surface area contributed by atoms with E-state index in [1.807, 2.05) is 0 Å². The summed E-state index contributed by atoms with van der Waals surface area (Å²) in [5.41, 5.74) is 1.82. The standard InChI is InChI=1S/C7H7N7O2/c8-12-6-5(14(15)16)7(10-4-9-6)13-3-1-2-11-13/h1-4H,8H2,(H,9,10,12). The molecule has 0 unspecified atom stereocenters. The van der Waals surface area contributed by atoms with Crippen LogP contribution in [0.1, 0.15) is 0 Å². The number of aromatic nitrogens is 4. The molecule has 0 amide bonds. The van der Waals surface area contributed by atoms with Gasteiger partial charge < -0.3 is 5.43 Å². The van der Waals surface area contributed by atoms with Crippen molar-refractivity contribution in [2.45, 2.75) is 0 Å². The van der Waals surface area contributed by atoms with Crippen LogP contribution in [-0.2, 0) is 0 Å². The SMILES string of the molecule is NNc1ncnc(-n2cccn2)c1[N+](=O)[O-]. The lowest BCUT2D eigenvalue weighted by molar-refractivity contribution is -0.384. The first kappa shape index (κ1) is 9.98. The summed E-state index contributed by atoms with van der Waals surface area (Å²) in [4.78, 5) is 17.7. The molecule has 0 aromatic carbocycles. The molecule has 2 rings (SSSR count). The molecule has 0 spiro atoms. The summed E-state index contributed by atoms with van der Waals surface area (Å²) in [7, 11) is 0. The normalized spacial score (nSPS) is 10.1. The second kappa shape index (κ2) is 3.90. The number of anilines is 1. The van der Waals surface area contributed by atoms with Crippen LogP contribution < -0.4 is 11.3 Å². The van der Waals surface area contributed by atoms with Crippen molar-refractivity contribution in [1.82, 2.24) is 19.7 Å². The molecule has 2 aromatic heterocycles. The van der Waals surface area contributed by atoms with E-state index < -0.39 is 4.92 Å². The van der Waals surface area contributed by atoms with Gasteiger partial charge in [-0.3, -0.25) is 10.1 Å². The summed E-state index contributed by atoms with van der Waals surface area (Å²) in [6.45, 7) is 0. The highest BCUT2D eigenvalue weighted by Gasteiger charge is 2.23.